The number of rotatable bonds is 5. The molecule has 27 heavy (non-hydrogen) atoms. The molecule has 0 spiro atoms. The lowest BCUT2D eigenvalue weighted by atomic mass is 9.72. The lowest BCUT2D eigenvalue weighted by molar-refractivity contribution is -0.384. The maximum atomic E-state index is 12.6. The lowest BCUT2D eigenvalue weighted by Gasteiger charge is -2.38. The number of fused-ring (bicyclic) bond motifs is 1. The summed E-state index contributed by atoms with van der Waals surface area (Å²) in [7, 11) is 1.37. The predicted octanol–water partition coefficient (Wildman–Crippen LogP) is 4.35. The first-order chi connectivity index (χ1) is 12.8. The molecule has 0 saturated heterocycles. The fourth-order valence-corrected chi connectivity index (χ4v) is 5.31. The number of nitro benzene ring substituents is 1. The van der Waals surface area contributed by atoms with Crippen LogP contribution in [0.25, 0.3) is 0 Å². The van der Waals surface area contributed by atoms with Gasteiger partial charge in [0.1, 0.15) is 0 Å². The summed E-state index contributed by atoms with van der Waals surface area (Å²) in [5.41, 5.74) is 3.41. The summed E-state index contributed by atoms with van der Waals surface area (Å²) >= 11 is 1.72. The van der Waals surface area contributed by atoms with Crippen LogP contribution in [0, 0.1) is 22.0 Å². The number of ether oxygens (including phenoxy) is 1. The summed E-state index contributed by atoms with van der Waals surface area (Å²) in [4.78, 5) is 23.5. The molecular weight excluding hydrogens is 364 g/mol. The molecule has 6 nitrogen and oxygen atoms in total. The molecular formula is C20H24N2O4S. The molecule has 3 unspecified atom stereocenters. The van der Waals surface area contributed by atoms with Crippen molar-refractivity contribution in [3.05, 3.63) is 62.2 Å². The maximum absolute atomic E-state index is 12.6. The van der Waals surface area contributed by atoms with E-state index in [1.807, 2.05) is 13.0 Å². The van der Waals surface area contributed by atoms with Gasteiger partial charge in [-0.1, -0.05) is 31.6 Å². The first-order valence-corrected chi connectivity index (χ1v) is 9.92. The highest BCUT2D eigenvalue weighted by Gasteiger charge is 2.45. The Morgan fingerprint density at radius 1 is 1.41 bits per heavy atom. The third-order valence-electron chi connectivity index (χ3n) is 5.04. The number of nitro groups is 1. The highest BCUT2D eigenvalue weighted by molar-refractivity contribution is 8.03. The number of esters is 1. The van der Waals surface area contributed by atoms with Crippen LogP contribution in [0.2, 0.25) is 0 Å². The van der Waals surface area contributed by atoms with Crippen molar-refractivity contribution in [1.29, 1.82) is 0 Å². The summed E-state index contributed by atoms with van der Waals surface area (Å²) in [6.07, 6.45) is 0.925. The molecule has 3 rings (SSSR count). The van der Waals surface area contributed by atoms with Gasteiger partial charge in [0.2, 0.25) is 0 Å². The van der Waals surface area contributed by atoms with Crippen LogP contribution in [-0.4, -0.2) is 23.4 Å². The van der Waals surface area contributed by atoms with Crippen molar-refractivity contribution in [2.75, 3.05) is 7.11 Å². The normalized spacial score (nSPS) is 24.3. The fourth-order valence-electron chi connectivity index (χ4n) is 3.99. The molecule has 2 aliphatic rings. The van der Waals surface area contributed by atoms with Gasteiger partial charge in [-0.25, -0.2) is 4.79 Å². The number of allylic oxidation sites excluding steroid dienone is 1. The van der Waals surface area contributed by atoms with Crippen molar-refractivity contribution in [2.45, 2.75) is 38.5 Å². The van der Waals surface area contributed by atoms with Crippen molar-refractivity contribution >= 4 is 23.4 Å². The average molecular weight is 388 g/mol. The van der Waals surface area contributed by atoms with Crippen molar-refractivity contribution in [2.24, 2.45) is 11.8 Å². The van der Waals surface area contributed by atoms with Crippen LogP contribution < -0.4 is 5.32 Å². The number of hydrogen-bond donors (Lipinski definition) is 1. The fraction of sp³-hybridized carbons (Fsp3) is 0.450. The first-order valence-electron chi connectivity index (χ1n) is 8.97. The van der Waals surface area contributed by atoms with E-state index in [1.165, 1.54) is 18.7 Å². The molecule has 0 fully saturated rings. The summed E-state index contributed by atoms with van der Waals surface area (Å²) in [5, 5.41) is 17.0. The van der Waals surface area contributed by atoms with Crippen LogP contribution in [0.4, 0.5) is 5.69 Å². The van der Waals surface area contributed by atoms with Crippen molar-refractivity contribution in [3.8, 4) is 0 Å². The van der Waals surface area contributed by atoms with Gasteiger partial charge < -0.3 is 10.1 Å². The van der Waals surface area contributed by atoms with Gasteiger partial charge in [0.05, 0.1) is 23.0 Å². The zero-order chi connectivity index (χ0) is 19.7. The van der Waals surface area contributed by atoms with Crippen LogP contribution in [-0.2, 0) is 9.53 Å². The second-order valence-corrected chi connectivity index (χ2v) is 8.39. The van der Waals surface area contributed by atoms with E-state index in [-0.39, 0.29) is 22.9 Å². The Hall–Kier alpha value is -2.28. The number of nitrogens with one attached hydrogen (secondary N) is 1. The quantitative estimate of drug-likeness (QED) is 0.459. The Balaban J connectivity index is 2.14. The minimum atomic E-state index is -0.398. The molecule has 1 aromatic carbocycles. The molecule has 144 valence electrons. The van der Waals surface area contributed by atoms with Gasteiger partial charge in [-0.3, -0.25) is 10.1 Å². The Morgan fingerprint density at radius 2 is 2.15 bits per heavy atom. The molecule has 1 N–H and O–H groups in total. The van der Waals surface area contributed by atoms with E-state index in [4.69, 9.17) is 4.74 Å². The zero-order valence-corrected chi connectivity index (χ0v) is 16.7. The van der Waals surface area contributed by atoms with E-state index in [0.717, 1.165) is 17.7 Å². The summed E-state index contributed by atoms with van der Waals surface area (Å²) in [5.74, 6) is -0.133. The van der Waals surface area contributed by atoms with Crippen LogP contribution >= 0.6 is 11.8 Å². The second-order valence-electron chi connectivity index (χ2n) is 7.38. The molecule has 7 heteroatoms. The topological polar surface area (TPSA) is 81.5 Å². The molecule has 0 radical (unpaired) electrons. The van der Waals surface area contributed by atoms with Crippen molar-refractivity contribution in [1.82, 2.24) is 5.32 Å². The molecule has 2 heterocycles. The molecule has 0 amide bonds. The molecule has 2 aliphatic heterocycles. The Morgan fingerprint density at radius 3 is 2.78 bits per heavy atom. The highest BCUT2D eigenvalue weighted by atomic mass is 32.2. The van der Waals surface area contributed by atoms with Crippen LogP contribution in [0.3, 0.4) is 0 Å². The molecule has 0 bridgehead atoms. The largest absolute Gasteiger partial charge is 0.466 e. The monoisotopic (exact) mass is 388 g/mol. The van der Waals surface area contributed by atoms with E-state index < -0.39 is 10.9 Å². The summed E-state index contributed by atoms with van der Waals surface area (Å²) in [6, 6.07) is 6.61. The number of thioether (sulfide) groups is 1. The predicted molar refractivity (Wildman–Crippen MR) is 106 cm³/mol. The van der Waals surface area contributed by atoms with E-state index >= 15 is 0 Å². The third-order valence-corrected chi connectivity index (χ3v) is 6.19. The summed E-state index contributed by atoms with van der Waals surface area (Å²) < 4.78 is 5.06. The van der Waals surface area contributed by atoms with E-state index in [9.17, 15) is 14.9 Å². The van der Waals surface area contributed by atoms with Crippen LogP contribution in [0.5, 0.6) is 0 Å². The van der Waals surface area contributed by atoms with Gasteiger partial charge in [0.15, 0.2) is 0 Å². The minimum Gasteiger partial charge on any atom is -0.466 e. The van der Waals surface area contributed by atoms with Gasteiger partial charge in [-0.15, -0.1) is 11.8 Å². The summed E-state index contributed by atoms with van der Waals surface area (Å²) in [6.45, 7) is 6.20. The SMILES string of the molecule is COC(=O)C1=C(C)NC2SC=C(CC(C)C)C2C1c1cccc([N+](=O)[O-])c1. The Kier molecular flexibility index (Phi) is 5.60. The Bertz CT molecular complexity index is 831. The van der Waals surface area contributed by atoms with Crippen LogP contribution in [0.15, 0.2) is 46.5 Å². The molecule has 0 aromatic heterocycles. The first kappa shape index (κ1) is 19.5. The van der Waals surface area contributed by atoms with Crippen LogP contribution in [0.1, 0.15) is 38.7 Å². The highest BCUT2D eigenvalue weighted by Crippen LogP contribution is 2.51. The van der Waals surface area contributed by atoms with Gasteiger partial charge >= 0.3 is 5.97 Å². The van der Waals surface area contributed by atoms with Gasteiger partial charge in [0, 0.05) is 29.7 Å². The maximum Gasteiger partial charge on any atom is 0.336 e. The number of nitrogens with zero attached hydrogens (tertiary/aromatic N) is 1. The number of benzene rings is 1. The number of carbonyl (C=O) groups is 1. The van der Waals surface area contributed by atoms with Crippen molar-refractivity contribution in [3.63, 3.8) is 0 Å². The smallest absolute Gasteiger partial charge is 0.336 e. The number of carbonyl (C=O) groups excluding carboxylic acids is 1. The van der Waals surface area contributed by atoms with Crippen molar-refractivity contribution < 1.29 is 14.5 Å². The number of methoxy groups -OCH3 is 1. The standard InChI is InChI=1S/C20H24N2O4S/c1-11(2)8-14-10-27-19-18(14)17(16(12(3)21-19)20(23)26-4)13-6-5-7-15(9-13)22(24)25/h5-7,9-11,17-19,21H,8H2,1-4H3. The van der Waals surface area contributed by atoms with E-state index in [0.29, 0.717) is 11.5 Å². The molecule has 3 atom stereocenters. The van der Waals surface area contributed by atoms with Gasteiger partial charge in [0.25, 0.3) is 5.69 Å². The van der Waals surface area contributed by atoms with Gasteiger partial charge in [-0.2, -0.15) is 0 Å². The zero-order valence-electron chi connectivity index (χ0n) is 15.9. The number of hydrogen-bond acceptors (Lipinski definition) is 6. The molecule has 0 saturated carbocycles. The number of non-ortho nitro benzene ring substituents is 1. The molecule has 0 aliphatic carbocycles. The van der Waals surface area contributed by atoms with E-state index in [1.54, 1.807) is 23.9 Å². The third kappa shape index (κ3) is 3.74. The minimum absolute atomic E-state index is 0.0319. The average Bonchev–Trinajstić information content (AvgIpc) is 3.01. The van der Waals surface area contributed by atoms with Gasteiger partial charge in [-0.05, 0) is 30.2 Å². The van der Waals surface area contributed by atoms with E-state index in [2.05, 4.69) is 24.6 Å². The Labute approximate surface area is 163 Å². The second kappa shape index (κ2) is 7.76. The molecule has 1 aromatic rings. The lowest BCUT2D eigenvalue weighted by Crippen LogP contribution is -2.42.